The van der Waals surface area contributed by atoms with Gasteiger partial charge < -0.3 is 15.7 Å². The highest BCUT2D eigenvalue weighted by Gasteiger charge is 2.17. The largest absolute Gasteiger partial charge is 0.476 e. The summed E-state index contributed by atoms with van der Waals surface area (Å²) in [4.78, 5) is 34.9. The molecule has 0 aliphatic rings. The number of carboxylic acids is 1. The number of carbonyl (C=O) groups excluding carboxylic acids is 2. The summed E-state index contributed by atoms with van der Waals surface area (Å²) in [6.45, 7) is 5.68. The Labute approximate surface area is 151 Å². The van der Waals surface area contributed by atoms with Gasteiger partial charge in [0.05, 0.1) is 17.9 Å². The van der Waals surface area contributed by atoms with Crippen molar-refractivity contribution in [3.05, 3.63) is 42.2 Å². The molecule has 0 spiro atoms. The van der Waals surface area contributed by atoms with E-state index in [1.54, 1.807) is 24.3 Å². The summed E-state index contributed by atoms with van der Waals surface area (Å²) in [6.07, 6.45) is 1.82. The molecule has 8 nitrogen and oxygen atoms in total. The van der Waals surface area contributed by atoms with E-state index in [4.69, 9.17) is 5.11 Å². The number of carboxylic acid groups (broad SMARTS) is 1. The maximum absolute atomic E-state index is 12.1. The molecule has 0 atom stereocenters. The third-order valence-corrected chi connectivity index (χ3v) is 3.37. The number of aromatic carboxylic acids is 1. The molecule has 1 heterocycles. The van der Waals surface area contributed by atoms with Crippen molar-refractivity contribution in [2.75, 3.05) is 11.9 Å². The van der Waals surface area contributed by atoms with Crippen LogP contribution in [-0.4, -0.2) is 39.2 Å². The van der Waals surface area contributed by atoms with Gasteiger partial charge in [-0.2, -0.15) is 5.10 Å². The average molecular weight is 358 g/mol. The molecule has 3 N–H and O–H groups in total. The minimum Gasteiger partial charge on any atom is -0.476 e. The summed E-state index contributed by atoms with van der Waals surface area (Å²) in [5.41, 5.74) is 0.729. The first-order chi connectivity index (χ1) is 12.2. The molecule has 0 saturated carbocycles. The molecular formula is C18H22N4O4. The lowest BCUT2D eigenvalue weighted by Gasteiger charge is -2.17. The molecule has 0 bridgehead atoms. The second kappa shape index (κ2) is 7.81. The molecule has 0 saturated heterocycles. The van der Waals surface area contributed by atoms with E-state index in [0.29, 0.717) is 17.8 Å². The highest BCUT2D eigenvalue weighted by Crippen LogP contribution is 2.20. The topological polar surface area (TPSA) is 113 Å². The van der Waals surface area contributed by atoms with Crippen LogP contribution in [0.1, 0.15) is 37.7 Å². The first kappa shape index (κ1) is 19.2. The molecule has 2 aromatic rings. The van der Waals surface area contributed by atoms with Crippen LogP contribution in [-0.2, 0) is 9.59 Å². The Hall–Kier alpha value is -3.16. The monoisotopic (exact) mass is 358 g/mol. The van der Waals surface area contributed by atoms with Crippen LogP contribution in [0, 0.1) is 5.41 Å². The molecular weight excluding hydrogens is 336 g/mol. The lowest BCUT2D eigenvalue weighted by atomic mass is 9.92. The molecule has 1 aromatic carbocycles. The van der Waals surface area contributed by atoms with Crippen LogP contribution in [0.4, 0.5) is 5.69 Å². The molecule has 0 fully saturated rings. The Bertz CT molecular complexity index is 821. The summed E-state index contributed by atoms with van der Waals surface area (Å²) >= 11 is 0. The summed E-state index contributed by atoms with van der Waals surface area (Å²) < 4.78 is 1.37. The van der Waals surface area contributed by atoms with Gasteiger partial charge in [0, 0.05) is 12.6 Å². The quantitative estimate of drug-likeness (QED) is 0.731. The van der Waals surface area contributed by atoms with E-state index < -0.39 is 5.97 Å². The van der Waals surface area contributed by atoms with E-state index in [2.05, 4.69) is 15.7 Å². The van der Waals surface area contributed by atoms with Crippen LogP contribution in [0.15, 0.2) is 36.5 Å². The number of rotatable bonds is 6. The van der Waals surface area contributed by atoms with Crippen molar-refractivity contribution in [1.82, 2.24) is 15.1 Å². The van der Waals surface area contributed by atoms with Crippen molar-refractivity contribution in [3.63, 3.8) is 0 Å². The molecule has 8 heteroatoms. The van der Waals surface area contributed by atoms with Crippen molar-refractivity contribution in [2.45, 2.75) is 27.2 Å². The Balaban J connectivity index is 2.04. The number of aromatic nitrogens is 2. The standard InChI is InChI=1S/C18H22N4O4/c1-18(2,3)10-15(23)19-11-16(24)20-12-6-4-5-7-14(12)22-9-8-13(21-22)17(25)26/h4-9H,10-11H2,1-3H3,(H,19,23)(H,20,24)(H,25,26). The fraction of sp³-hybridized carbons (Fsp3) is 0.333. The highest BCUT2D eigenvalue weighted by molar-refractivity contribution is 5.96. The SMILES string of the molecule is CC(C)(C)CC(=O)NCC(=O)Nc1ccccc1-n1ccc(C(=O)O)n1. The van der Waals surface area contributed by atoms with E-state index >= 15 is 0 Å². The zero-order valence-corrected chi connectivity index (χ0v) is 14.9. The third kappa shape index (κ3) is 5.44. The third-order valence-electron chi connectivity index (χ3n) is 3.37. The second-order valence-electron chi connectivity index (χ2n) is 7.03. The van der Waals surface area contributed by atoms with Crippen molar-refractivity contribution in [3.8, 4) is 5.69 Å². The van der Waals surface area contributed by atoms with Crippen LogP contribution in [0.25, 0.3) is 5.69 Å². The van der Waals surface area contributed by atoms with Gasteiger partial charge in [-0.05, 0) is 23.6 Å². The molecule has 2 amide bonds. The van der Waals surface area contributed by atoms with Gasteiger partial charge in [-0.1, -0.05) is 32.9 Å². The van der Waals surface area contributed by atoms with Gasteiger partial charge in [-0.25, -0.2) is 9.48 Å². The van der Waals surface area contributed by atoms with Crippen LogP contribution >= 0.6 is 0 Å². The molecule has 138 valence electrons. The van der Waals surface area contributed by atoms with E-state index in [0.717, 1.165) is 0 Å². The number of benzene rings is 1. The lowest BCUT2D eigenvalue weighted by Crippen LogP contribution is -2.34. The Morgan fingerprint density at radius 1 is 1.12 bits per heavy atom. The number of amides is 2. The van der Waals surface area contributed by atoms with E-state index in [9.17, 15) is 14.4 Å². The number of nitrogens with zero attached hydrogens (tertiary/aromatic N) is 2. The van der Waals surface area contributed by atoms with Crippen LogP contribution in [0.3, 0.4) is 0 Å². The predicted octanol–water partition coefficient (Wildman–Crippen LogP) is 2.06. The van der Waals surface area contributed by atoms with Gasteiger partial charge in [0.1, 0.15) is 0 Å². The smallest absolute Gasteiger partial charge is 0.356 e. The lowest BCUT2D eigenvalue weighted by molar-refractivity contribution is -0.125. The number of hydrogen-bond acceptors (Lipinski definition) is 4. The maximum Gasteiger partial charge on any atom is 0.356 e. The van der Waals surface area contributed by atoms with Crippen molar-refractivity contribution >= 4 is 23.5 Å². The average Bonchev–Trinajstić information content (AvgIpc) is 3.02. The zero-order chi connectivity index (χ0) is 19.3. The Morgan fingerprint density at radius 3 is 2.42 bits per heavy atom. The summed E-state index contributed by atoms with van der Waals surface area (Å²) in [6, 6.07) is 8.23. The Morgan fingerprint density at radius 2 is 1.81 bits per heavy atom. The van der Waals surface area contributed by atoms with Crippen LogP contribution < -0.4 is 10.6 Å². The summed E-state index contributed by atoms with van der Waals surface area (Å²) in [7, 11) is 0. The van der Waals surface area contributed by atoms with Crippen LogP contribution in [0.2, 0.25) is 0 Å². The number of nitrogens with one attached hydrogen (secondary N) is 2. The predicted molar refractivity (Wildman–Crippen MR) is 96.2 cm³/mol. The van der Waals surface area contributed by atoms with Gasteiger partial charge in [0.25, 0.3) is 0 Å². The number of carbonyl (C=O) groups is 3. The van der Waals surface area contributed by atoms with Gasteiger partial charge >= 0.3 is 5.97 Å². The number of anilines is 1. The van der Waals surface area contributed by atoms with Gasteiger partial charge in [-0.3, -0.25) is 9.59 Å². The van der Waals surface area contributed by atoms with Gasteiger partial charge in [0.2, 0.25) is 11.8 Å². The van der Waals surface area contributed by atoms with E-state index in [1.165, 1.54) is 16.9 Å². The summed E-state index contributed by atoms with van der Waals surface area (Å²) in [5, 5.41) is 18.2. The fourth-order valence-corrected chi connectivity index (χ4v) is 2.27. The normalized spacial score (nSPS) is 11.0. The summed E-state index contributed by atoms with van der Waals surface area (Å²) in [5.74, 6) is -1.71. The molecule has 26 heavy (non-hydrogen) atoms. The number of para-hydroxylation sites is 2. The highest BCUT2D eigenvalue weighted by atomic mass is 16.4. The molecule has 0 radical (unpaired) electrons. The van der Waals surface area contributed by atoms with Crippen molar-refractivity contribution < 1.29 is 19.5 Å². The van der Waals surface area contributed by atoms with Crippen molar-refractivity contribution in [1.29, 1.82) is 0 Å². The first-order valence-corrected chi connectivity index (χ1v) is 8.10. The Kier molecular flexibility index (Phi) is 5.76. The molecule has 1 aromatic heterocycles. The molecule has 0 aliphatic heterocycles. The van der Waals surface area contributed by atoms with E-state index in [1.807, 2.05) is 20.8 Å². The first-order valence-electron chi connectivity index (χ1n) is 8.10. The maximum atomic E-state index is 12.1. The van der Waals surface area contributed by atoms with Crippen molar-refractivity contribution in [2.24, 2.45) is 5.41 Å². The number of hydrogen-bond donors (Lipinski definition) is 3. The van der Waals surface area contributed by atoms with E-state index in [-0.39, 0.29) is 29.5 Å². The fourth-order valence-electron chi connectivity index (χ4n) is 2.27. The van der Waals surface area contributed by atoms with Gasteiger partial charge in [0.15, 0.2) is 5.69 Å². The molecule has 2 rings (SSSR count). The van der Waals surface area contributed by atoms with Gasteiger partial charge in [-0.15, -0.1) is 0 Å². The second-order valence-corrected chi connectivity index (χ2v) is 7.03. The van der Waals surface area contributed by atoms with Crippen LogP contribution in [0.5, 0.6) is 0 Å². The molecule has 0 unspecified atom stereocenters. The molecule has 0 aliphatic carbocycles. The zero-order valence-electron chi connectivity index (χ0n) is 14.9. The minimum atomic E-state index is -1.13. The minimum absolute atomic E-state index is 0.0967.